The molecule has 0 aromatic rings. The summed E-state index contributed by atoms with van der Waals surface area (Å²) in [5, 5.41) is 0. The minimum absolute atomic E-state index is 0.0207. The first-order chi connectivity index (χ1) is 13.7. The fourth-order valence-electron chi connectivity index (χ4n) is 1.39. The van der Waals surface area contributed by atoms with Crippen LogP contribution in [0.1, 0.15) is 27.7 Å². The third-order valence-electron chi connectivity index (χ3n) is 2.67. The molecule has 0 amide bonds. The largest absolute Gasteiger partial charge is 0.508 e. The number of esters is 2. The summed E-state index contributed by atoms with van der Waals surface area (Å²) in [6.07, 6.45) is -2.06. The van der Waals surface area contributed by atoms with E-state index in [1.54, 1.807) is 0 Å². The molecule has 0 atom stereocenters. The lowest BCUT2D eigenvalue weighted by Crippen LogP contribution is -2.21. The van der Waals surface area contributed by atoms with E-state index < -0.39 is 37.5 Å². The van der Waals surface area contributed by atoms with Gasteiger partial charge < -0.3 is 33.2 Å². The molecule has 0 N–H and O–H groups in total. The zero-order valence-electron chi connectivity index (χ0n) is 17.3. The Morgan fingerprint density at radius 2 is 0.931 bits per heavy atom. The number of carbonyl (C=O) groups is 4. The predicted octanol–water partition coefficient (Wildman–Crippen LogP) is 1.71. The van der Waals surface area contributed by atoms with Gasteiger partial charge >= 0.3 is 24.2 Å². The van der Waals surface area contributed by atoms with Gasteiger partial charge in [-0.05, 0) is 11.8 Å². The second-order valence-electron chi connectivity index (χ2n) is 6.54. The summed E-state index contributed by atoms with van der Waals surface area (Å²) in [7, 11) is 0. The fourth-order valence-corrected chi connectivity index (χ4v) is 1.39. The first-order valence-corrected chi connectivity index (χ1v) is 9.18. The minimum Gasteiger partial charge on any atom is -0.463 e. The Morgan fingerprint density at radius 1 is 0.552 bits per heavy atom. The van der Waals surface area contributed by atoms with Gasteiger partial charge in [-0.3, -0.25) is 0 Å². The highest BCUT2D eigenvalue weighted by molar-refractivity contribution is 5.74. The third-order valence-corrected chi connectivity index (χ3v) is 2.67. The molecule has 0 spiro atoms. The summed E-state index contributed by atoms with van der Waals surface area (Å²) in [5.41, 5.74) is 0. The van der Waals surface area contributed by atoms with Gasteiger partial charge in [-0.2, -0.15) is 0 Å². The van der Waals surface area contributed by atoms with Crippen LogP contribution in [-0.4, -0.2) is 77.1 Å². The molecule has 0 aliphatic carbocycles. The molecular weight excluding hydrogens is 392 g/mol. The fraction of sp³-hybridized carbons (Fsp3) is 0.778. The van der Waals surface area contributed by atoms with Gasteiger partial charge in [0.15, 0.2) is 13.2 Å². The molecule has 0 saturated heterocycles. The van der Waals surface area contributed by atoms with E-state index in [-0.39, 0.29) is 51.5 Å². The minimum atomic E-state index is -1.03. The normalized spacial score (nSPS) is 10.4. The average Bonchev–Trinajstić information content (AvgIpc) is 2.66. The summed E-state index contributed by atoms with van der Waals surface area (Å²) >= 11 is 0. The summed E-state index contributed by atoms with van der Waals surface area (Å²) in [5.74, 6) is -0.964. The van der Waals surface area contributed by atoms with Crippen LogP contribution in [0.25, 0.3) is 0 Å². The summed E-state index contributed by atoms with van der Waals surface area (Å²) < 4.78 is 33.2. The van der Waals surface area contributed by atoms with Crippen molar-refractivity contribution in [3.05, 3.63) is 0 Å². The molecule has 29 heavy (non-hydrogen) atoms. The van der Waals surface area contributed by atoms with Crippen molar-refractivity contribution in [3.8, 4) is 0 Å². The number of hydrogen-bond acceptors (Lipinski definition) is 11. The molecule has 0 unspecified atom stereocenters. The average molecular weight is 422 g/mol. The standard InChI is InChI=1S/C18H30O11/c1-13(2)9-26-15(19)11-28-17(21)24-7-5-23-6-8-25-18(22)29-12-16(20)27-10-14(3)4/h13-14H,5-12H2,1-4H3. The van der Waals surface area contributed by atoms with Gasteiger partial charge in [0.25, 0.3) is 0 Å². The van der Waals surface area contributed by atoms with Crippen LogP contribution in [0.3, 0.4) is 0 Å². The molecule has 0 saturated carbocycles. The van der Waals surface area contributed by atoms with Crippen LogP contribution in [0.4, 0.5) is 9.59 Å². The van der Waals surface area contributed by atoms with Crippen molar-refractivity contribution >= 4 is 24.2 Å². The monoisotopic (exact) mass is 422 g/mol. The topological polar surface area (TPSA) is 133 Å². The molecule has 0 aliphatic heterocycles. The van der Waals surface area contributed by atoms with Crippen LogP contribution in [0.2, 0.25) is 0 Å². The number of carbonyl (C=O) groups excluding carboxylic acids is 4. The van der Waals surface area contributed by atoms with E-state index in [2.05, 4.69) is 18.9 Å². The second-order valence-corrected chi connectivity index (χ2v) is 6.54. The van der Waals surface area contributed by atoms with Crippen molar-refractivity contribution in [1.82, 2.24) is 0 Å². The first-order valence-electron chi connectivity index (χ1n) is 9.18. The molecular formula is C18H30O11. The lowest BCUT2D eigenvalue weighted by atomic mass is 10.2. The zero-order valence-corrected chi connectivity index (χ0v) is 17.3. The molecule has 168 valence electrons. The van der Waals surface area contributed by atoms with Gasteiger partial charge in [0.2, 0.25) is 0 Å². The molecule has 0 aromatic heterocycles. The van der Waals surface area contributed by atoms with Crippen molar-refractivity contribution < 1.29 is 52.3 Å². The Balaban J connectivity index is 3.53. The lowest BCUT2D eigenvalue weighted by Gasteiger charge is -2.09. The van der Waals surface area contributed by atoms with E-state index in [9.17, 15) is 19.2 Å². The predicted molar refractivity (Wildman–Crippen MR) is 97.0 cm³/mol. The van der Waals surface area contributed by atoms with Crippen molar-refractivity contribution in [3.63, 3.8) is 0 Å². The summed E-state index contributed by atoms with van der Waals surface area (Å²) in [4.78, 5) is 45.0. The highest BCUT2D eigenvalue weighted by Gasteiger charge is 2.11. The maximum absolute atomic E-state index is 11.2. The van der Waals surface area contributed by atoms with Gasteiger partial charge in [-0.25, -0.2) is 19.2 Å². The molecule has 11 nitrogen and oxygen atoms in total. The molecule has 0 fully saturated rings. The highest BCUT2D eigenvalue weighted by Crippen LogP contribution is 1.95. The number of ether oxygens (including phenoxy) is 7. The van der Waals surface area contributed by atoms with Crippen LogP contribution in [-0.2, 0) is 42.7 Å². The second kappa shape index (κ2) is 16.4. The zero-order chi connectivity index (χ0) is 22.1. The maximum atomic E-state index is 11.2. The molecule has 11 heteroatoms. The van der Waals surface area contributed by atoms with E-state index in [4.69, 9.17) is 14.2 Å². The van der Waals surface area contributed by atoms with Crippen LogP contribution in [0.5, 0.6) is 0 Å². The van der Waals surface area contributed by atoms with Crippen LogP contribution in [0, 0.1) is 11.8 Å². The molecule has 0 bridgehead atoms. The van der Waals surface area contributed by atoms with Crippen molar-refractivity contribution in [2.45, 2.75) is 27.7 Å². The smallest absolute Gasteiger partial charge is 0.463 e. The molecule has 0 aromatic carbocycles. The Morgan fingerprint density at radius 3 is 1.28 bits per heavy atom. The molecule has 0 rings (SSSR count). The molecule has 0 aliphatic rings. The number of hydrogen-bond donors (Lipinski definition) is 0. The SMILES string of the molecule is CC(C)COC(=O)COC(=O)OCCOCCOC(=O)OCC(=O)OCC(C)C. The van der Waals surface area contributed by atoms with Crippen molar-refractivity contribution in [2.24, 2.45) is 11.8 Å². The highest BCUT2D eigenvalue weighted by atomic mass is 16.7. The van der Waals surface area contributed by atoms with Crippen LogP contribution >= 0.6 is 0 Å². The maximum Gasteiger partial charge on any atom is 0.508 e. The van der Waals surface area contributed by atoms with Crippen molar-refractivity contribution in [2.75, 3.05) is 52.9 Å². The van der Waals surface area contributed by atoms with Gasteiger partial charge in [0.1, 0.15) is 13.2 Å². The van der Waals surface area contributed by atoms with Crippen LogP contribution < -0.4 is 0 Å². The van der Waals surface area contributed by atoms with Gasteiger partial charge in [-0.1, -0.05) is 27.7 Å². The van der Waals surface area contributed by atoms with Gasteiger partial charge in [0, 0.05) is 0 Å². The Kier molecular flexibility index (Phi) is 15.0. The lowest BCUT2D eigenvalue weighted by molar-refractivity contribution is -0.149. The molecule has 0 radical (unpaired) electrons. The number of rotatable bonds is 14. The molecule has 0 heterocycles. The van der Waals surface area contributed by atoms with E-state index in [1.807, 2.05) is 27.7 Å². The quantitative estimate of drug-likeness (QED) is 0.230. The Labute approximate surface area is 169 Å². The first kappa shape index (κ1) is 26.4. The van der Waals surface area contributed by atoms with E-state index in [1.165, 1.54) is 0 Å². The third kappa shape index (κ3) is 18.6. The summed E-state index contributed by atoms with van der Waals surface area (Å²) in [6.45, 7) is 6.72. The van der Waals surface area contributed by atoms with Crippen LogP contribution in [0.15, 0.2) is 0 Å². The van der Waals surface area contributed by atoms with Gasteiger partial charge in [0.05, 0.1) is 26.4 Å². The van der Waals surface area contributed by atoms with E-state index in [0.29, 0.717) is 0 Å². The van der Waals surface area contributed by atoms with Gasteiger partial charge in [-0.15, -0.1) is 0 Å². The van der Waals surface area contributed by atoms with Crippen molar-refractivity contribution in [1.29, 1.82) is 0 Å². The Hall–Kier alpha value is -2.56. The Bertz CT molecular complexity index is 458. The summed E-state index contributed by atoms with van der Waals surface area (Å²) in [6, 6.07) is 0. The van der Waals surface area contributed by atoms with E-state index in [0.717, 1.165) is 0 Å². The van der Waals surface area contributed by atoms with E-state index >= 15 is 0 Å².